The van der Waals surface area contributed by atoms with Gasteiger partial charge in [-0.3, -0.25) is 0 Å². The van der Waals surface area contributed by atoms with Crippen LogP contribution in [0.5, 0.6) is 0 Å². The Kier molecular flexibility index (Phi) is 7.88. The third kappa shape index (κ3) is 6.99. The van der Waals surface area contributed by atoms with Crippen molar-refractivity contribution in [2.75, 3.05) is 0 Å². The summed E-state index contributed by atoms with van der Waals surface area (Å²) < 4.78 is 40.7. The molecule has 0 spiro atoms. The van der Waals surface area contributed by atoms with Gasteiger partial charge in [0.05, 0.1) is 5.92 Å². The van der Waals surface area contributed by atoms with Crippen LogP contribution in [-0.4, -0.2) is 6.18 Å². The standard InChI is InChI=1S/C28H27F3/c1-2-3-5-8-22-11-13-23(14-12-22)15-16-24-17-19-25(20-18-24)21-27(28(29,30)31)26-9-6-4-7-10-26/h2-4,6-7,9-20,27H,5,8,21H2,1H3/b3-2+,16-15?/t27-/m0/s1. The molecule has 0 saturated carbocycles. The van der Waals surface area contributed by atoms with Gasteiger partial charge in [0.2, 0.25) is 0 Å². The van der Waals surface area contributed by atoms with E-state index >= 15 is 0 Å². The van der Waals surface area contributed by atoms with E-state index in [-0.39, 0.29) is 6.42 Å². The second kappa shape index (κ2) is 10.8. The lowest BCUT2D eigenvalue weighted by Gasteiger charge is -2.21. The second-order valence-corrected chi connectivity index (χ2v) is 7.63. The van der Waals surface area contributed by atoms with Crippen molar-refractivity contribution >= 4 is 12.2 Å². The fourth-order valence-electron chi connectivity index (χ4n) is 3.51. The van der Waals surface area contributed by atoms with Gasteiger partial charge in [-0.1, -0.05) is 103 Å². The highest BCUT2D eigenvalue weighted by Gasteiger charge is 2.40. The summed E-state index contributed by atoms with van der Waals surface area (Å²) in [5.74, 6) is -1.50. The van der Waals surface area contributed by atoms with Crippen molar-refractivity contribution in [3.63, 3.8) is 0 Å². The number of allylic oxidation sites excluding steroid dienone is 2. The van der Waals surface area contributed by atoms with Crippen LogP contribution in [0.2, 0.25) is 0 Å². The summed E-state index contributed by atoms with van der Waals surface area (Å²) in [6.07, 6.45) is 5.95. The third-order valence-corrected chi connectivity index (χ3v) is 5.30. The molecule has 0 aliphatic carbocycles. The highest BCUT2D eigenvalue weighted by atomic mass is 19.4. The molecule has 160 valence electrons. The zero-order chi connectivity index (χ0) is 22.1. The molecule has 0 amide bonds. The second-order valence-electron chi connectivity index (χ2n) is 7.63. The Balaban J connectivity index is 1.64. The molecule has 0 aromatic heterocycles. The lowest BCUT2D eigenvalue weighted by Crippen LogP contribution is -2.22. The van der Waals surface area contributed by atoms with Gasteiger partial charge < -0.3 is 0 Å². The van der Waals surface area contributed by atoms with Crippen molar-refractivity contribution in [1.29, 1.82) is 0 Å². The summed E-state index contributed by atoms with van der Waals surface area (Å²) in [5, 5.41) is 0. The zero-order valence-electron chi connectivity index (χ0n) is 17.6. The predicted octanol–water partition coefficient (Wildman–Crippen LogP) is 8.25. The minimum atomic E-state index is -4.28. The fraction of sp³-hybridized carbons (Fsp3) is 0.214. The Morgan fingerprint density at radius 3 is 1.81 bits per heavy atom. The predicted molar refractivity (Wildman–Crippen MR) is 124 cm³/mol. The average Bonchev–Trinajstić information content (AvgIpc) is 2.78. The maximum absolute atomic E-state index is 13.6. The van der Waals surface area contributed by atoms with Crippen LogP contribution in [0.1, 0.15) is 47.1 Å². The first-order valence-corrected chi connectivity index (χ1v) is 10.5. The van der Waals surface area contributed by atoms with Gasteiger partial charge in [0, 0.05) is 0 Å². The Bertz CT molecular complexity index is 979. The van der Waals surface area contributed by atoms with Crippen LogP contribution in [0.4, 0.5) is 13.2 Å². The third-order valence-electron chi connectivity index (χ3n) is 5.30. The number of rotatable bonds is 8. The van der Waals surface area contributed by atoms with E-state index in [9.17, 15) is 13.2 Å². The first-order chi connectivity index (χ1) is 15.0. The maximum atomic E-state index is 13.6. The van der Waals surface area contributed by atoms with Crippen LogP contribution in [0.15, 0.2) is 91.0 Å². The van der Waals surface area contributed by atoms with Crippen LogP contribution in [0.3, 0.4) is 0 Å². The molecule has 0 saturated heterocycles. The first kappa shape index (κ1) is 22.6. The molecule has 3 aromatic carbocycles. The Morgan fingerprint density at radius 2 is 1.29 bits per heavy atom. The van der Waals surface area contributed by atoms with Crippen molar-refractivity contribution in [1.82, 2.24) is 0 Å². The van der Waals surface area contributed by atoms with Gasteiger partial charge in [0.15, 0.2) is 0 Å². The van der Waals surface area contributed by atoms with Crippen molar-refractivity contribution in [2.24, 2.45) is 0 Å². The van der Waals surface area contributed by atoms with E-state index in [4.69, 9.17) is 0 Å². The molecule has 0 heterocycles. The monoisotopic (exact) mass is 420 g/mol. The number of aryl methyl sites for hydroxylation is 1. The molecule has 3 aromatic rings. The lowest BCUT2D eigenvalue weighted by atomic mass is 9.91. The molecule has 0 unspecified atom stereocenters. The summed E-state index contributed by atoms with van der Waals surface area (Å²) in [7, 11) is 0. The Labute approximate surface area is 182 Å². The van der Waals surface area contributed by atoms with Crippen molar-refractivity contribution in [3.05, 3.63) is 119 Å². The Hall–Kier alpha value is -3.07. The van der Waals surface area contributed by atoms with Crippen molar-refractivity contribution in [3.8, 4) is 0 Å². The minimum absolute atomic E-state index is 0.0633. The molecule has 1 atom stereocenters. The fourth-order valence-corrected chi connectivity index (χ4v) is 3.51. The van der Waals surface area contributed by atoms with E-state index in [1.54, 1.807) is 42.5 Å². The van der Waals surface area contributed by atoms with Crippen LogP contribution in [-0.2, 0) is 12.8 Å². The van der Waals surface area contributed by atoms with Gasteiger partial charge in [0.1, 0.15) is 0 Å². The summed E-state index contributed by atoms with van der Waals surface area (Å²) >= 11 is 0. The molecular formula is C28H27F3. The summed E-state index contributed by atoms with van der Waals surface area (Å²) in [4.78, 5) is 0. The highest BCUT2D eigenvalue weighted by Crippen LogP contribution is 2.37. The smallest absolute Gasteiger partial charge is 0.170 e. The minimum Gasteiger partial charge on any atom is -0.170 e. The number of hydrogen-bond acceptors (Lipinski definition) is 0. The largest absolute Gasteiger partial charge is 0.396 e. The SMILES string of the molecule is C/C=C/CCc1ccc(C=Cc2ccc(C[C@@H](c3ccccc3)C(F)(F)F)cc2)cc1. The number of alkyl halides is 3. The van der Waals surface area contributed by atoms with Crippen LogP contribution >= 0.6 is 0 Å². The van der Waals surface area contributed by atoms with Gasteiger partial charge in [-0.05, 0) is 54.0 Å². The molecule has 0 radical (unpaired) electrons. The highest BCUT2D eigenvalue weighted by molar-refractivity contribution is 5.69. The van der Waals surface area contributed by atoms with Crippen molar-refractivity contribution in [2.45, 2.75) is 38.3 Å². The van der Waals surface area contributed by atoms with E-state index in [0.717, 1.165) is 24.0 Å². The average molecular weight is 421 g/mol. The summed E-state index contributed by atoms with van der Waals surface area (Å²) in [6, 6.07) is 23.9. The van der Waals surface area contributed by atoms with Gasteiger partial charge >= 0.3 is 6.18 Å². The number of hydrogen-bond donors (Lipinski definition) is 0. The molecule has 3 heteroatoms. The molecule has 0 nitrogen and oxygen atoms in total. The summed E-state index contributed by atoms with van der Waals surface area (Å²) in [6.45, 7) is 2.03. The van der Waals surface area contributed by atoms with Crippen molar-refractivity contribution < 1.29 is 13.2 Å². The quantitative estimate of drug-likeness (QED) is 0.254. The lowest BCUT2D eigenvalue weighted by molar-refractivity contribution is -0.150. The number of benzene rings is 3. The molecule has 3 rings (SSSR count). The molecule has 0 bridgehead atoms. The maximum Gasteiger partial charge on any atom is 0.396 e. The van der Waals surface area contributed by atoms with E-state index in [0.29, 0.717) is 11.1 Å². The molecule has 0 aliphatic heterocycles. The molecular weight excluding hydrogens is 393 g/mol. The van der Waals surface area contributed by atoms with E-state index in [1.807, 2.05) is 31.2 Å². The molecule has 0 fully saturated rings. The van der Waals surface area contributed by atoms with Crippen LogP contribution in [0, 0.1) is 0 Å². The van der Waals surface area contributed by atoms with Gasteiger partial charge in [0.25, 0.3) is 0 Å². The molecule has 0 N–H and O–H groups in total. The zero-order valence-corrected chi connectivity index (χ0v) is 17.6. The molecule has 0 aliphatic rings. The molecule has 31 heavy (non-hydrogen) atoms. The topological polar surface area (TPSA) is 0 Å². The van der Waals surface area contributed by atoms with E-state index < -0.39 is 12.1 Å². The summed E-state index contributed by atoms with van der Waals surface area (Å²) in [5.41, 5.74) is 4.34. The van der Waals surface area contributed by atoms with Crippen LogP contribution < -0.4 is 0 Å². The first-order valence-electron chi connectivity index (χ1n) is 10.5. The van der Waals surface area contributed by atoms with Gasteiger partial charge in [-0.15, -0.1) is 0 Å². The Morgan fingerprint density at radius 1 is 0.742 bits per heavy atom. The van der Waals surface area contributed by atoms with E-state index in [2.05, 4.69) is 36.4 Å². The van der Waals surface area contributed by atoms with E-state index in [1.165, 1.54) is 5.56 Å². The van der Waals surface area contributed by atoms with Crippen LogP contribution in [0.25, 0.3) is 12.2 Å². The normalized spacial score (nSPS) is 13.2. The van der Waals surface area contributed by atoms with Gasteiger partial charge in [-0.25, -0.2) is 0 Å². The number of halogens is 3. The van der Waals surface area contributed by atoms with Gasteiger partial charge in [-0.2, -0.15) is 13.2 Å².